The minimum absolute atomic E-state index is 0.145. The van der Waals surface area contributed by atoms with E-state index in [0.717, 1.165) is 21.1 Å². The molecule has 24 heavy (non-hydrogen) atoms. The number of carboxylic acid groups (broad SMARTS) is 1. The fourth-order valence-electron chi connectivity index (χ4n) is 2.59. The van der Waals surface area contributed by atoms with Crippen LogP contribution in [-0.4, -0.2) is 20.9 Å². The van der Waals surface area contributed by atoms with Gasteiger partial charge in [0.25, 0.3) is 0 Å². The summed E-state index contributed by atoms with van der Waals surface area (Å²) in [6.45, 7) is 4.34. The highest BCUT2D eigenvalue weighted by Gasteiger charge is 2.15. The molecular weight excluding hydrogens is 372 g/mol. The maximum Gasteiger partial charge on any atom is 0.339 e. The quantitative estimate of drug-likeness (QED) is 0.690. The number of halogens is 1. The van der Waals surface area contributed by atoms with Crippen LogP contribution in [0.25, 0.3) is 10.9 Å². The summed E-state index contributed by atoms with van der Waals surface area (Å²) in [6.07, 6.45) is 0. The average Bonchev–Trinajstić information content (AvgIpc) is 2.91. The van der Waals surface area contributed by atoms with Gasteiger partial charge in [-0.15, -0.1) is 0 Å². The Kier molecular flexibility index (Phi) is 4.57. The summed E-state index contributed by atoms with van der Waals surface area (Å²) < 4.78 is 8.66. The third-order valence-electron chi connectivity index (χ3n) is 3.72. The summed E-state index contributed by atoms with van der Waals surface area (Å²) in [5.41, 5.74) is 1.95. The molecule has 0 radical (unpaired) electrons. The molecule has 1 heterocycles. The molecule has 2 aromatic carbocycles. The molecule has 3 rings (SSSR count). The molecule has 1 N–H and O–H groups in total. The maximum absolute atomic E-state index is 11.3. The van der Waals surface area contributed by atoms with Crippen LogP contribution in [-0.2, 0) is 6.61 Å². The molecule has 0 aliphatic rings. The van der Waals surface area contributed by atoms with Crippen LogP contribution in [0.1, 0.15) is 35.9 Å². The molecule has 0 bridgehead atoms. The monoisotopic (exact) mass is 388 g/mol. The van der Waals surface area contributed by atoms with E-state index in [0.29, 0.717) is 5.75 Å². The van der Waals surface area contributed by atoms with Gasteiger partial charge in [0.1, 0.15) is 23.6 Å². The molecule has 0 atom stereocenters. The van der Waals surface area contributed by atoms with Crippen molar-refractivity contribution in [3.63, 3.8) is 0 Å². The van der Waals surface area contributed by atoms with E-state index in [9.17, 15) is 9.90 Å². The molecule has 0 saturated carbocycles. The van der Waals surface area contributed by atoms with Crippen molar-refractivity contribution in [3.8, 4) is 5.75 Å². The fourth-order valence-corrected chi connectivity index (χ4v) is 2.95. The number of rotatable bonds is 5. The Labute approximate surface area is 148 Å². The Morgan fingerprint density at radius 2 is 2.04 bits per heavy atom. The van der Waals surface area contributed by atoms with Gasteiger partial charge >= 0.3 is 5.97 Å². The van der Waals surface area contributed by atoms with Crippen LogP contribution in [0.4, 0.5) is 0 Å². The molecule has 0 unspecified atom stereocenters. The lowest BCUT2D eigenvalue weighted by molar-refractivity contribution is 0.0691. The van der Waals surface area contributed by atoms with E-state index < -0.39 is 5.97 Å². The van der Waals surface area contributed by atoms with Gasteiger partial charge < -0.3 is 9.84 Å². The zero-order valence-electron chi connectivity index (χ0n) is 13.4. The van der Waals surface area contributed by atoms with Gasteiger partial charge in [-0.3, -0.25) is 4.68 Å². The van der Waals surface area contributed by atoms with Gasteiger partial charge in [-0.1, -0.05) is 28.1 Å². The first-order chi connectivity index (χ1) is 11.5. The number of hydrogen-bond donors (Lipinski definition) is 1. The van der Waals surface area contributed by atoms with Crippen molar-refractivity contribution in [1.29, 1.82) is 0 Å². The van der Waals surface area contributed by atoms with Gasteiger partial charge in [0, 0.05) is 15.9 Å². The minimum Gasteiger partial charge on any atom is -0.486 e. The summed E-state index contributed by atoms with van der Waals surface area (Å²) in [5, 5.41) is 14.9. The summed E-state index contributed by atoms with van der Waals surface area (Å²) in [6, 6.07) is 12.8. The Morgan fingerprint density at radius 1 is 1.29 bits per heavy atom. The molecule has 0 fully saturated rings. The van der Waals surface area contributed by atoms with E-state index in [1.807, 2.05) is 22.9 Å². The number of nitrogens with zero attached hydrogens (tertiary/aromatic N) is 2. The highest BCUT2D eigenvalue weighted by Crippen LogP contribution is 2.27. The number of fused-ring (bicyclic) bond motifs is 1. The van der Waals surface area contributed by atoms with Gasteiger partial charge in [0.05, 0.1) is 5.52 Å². The number of benzene rings is 2. The van der Waals surface area contributed by atoms with E-state index in [2.05, 4.69) is 34.9 Å². The molecule has 5 nitrogen and oxygen atoms in total. The molecule has 124 valence electrons. The molecule has 0 amide bonds. The first kappa shape index (κ1) is 16.5. The van der Waals surface area contributed by atoms with E-state index in [-0.39, 0.29) is 18.2 Å². The number of aromatic carboxylic acids is 1. The summed E-state index contributed by atoms with van der Waals surface area (Å²) >= 11 is 3.48. The average molecular weight is 389 g/mol. The van der Waals surface area contributed by atoms with Crippen molar-refractivity contribution in [2.24, 2.45) is 0 Å². The third kappa shape index (κ3) is 3.14. The van der Waals surface area contributed by atoms with E-state index in [4.69, 9.17) is 4.74 Å². The smallest absolute Gasteiger partial charge is 0.339 e. The summed E-state index contributed by atoms with van der Waals surface area (Å²) in [7, 11) is 0. The van der Waals surface area contributed by atoms with Crippen LogP contribution < -0.4 is 4.74 Å². The van der Waals surface area contributed by atoms with Crippen molar-refractivity contribution < 1.29 is 14.6 Å². The predicted molar refractivity (Wildman–Crippen MR) is 95.6 cm³/mol. The zero-order chi connectivity index (χ0) is 17.3. The fraction of sp³-hybridized carbons (Fsp3) is 0.222. The molecule has 0 aliphatic carbocycles. The lowest BCUT2D eigenvalue weighted by Crippen LogP contribution is -2.06. The lowest BCUT2D eigenvalue weighted by atomic mass is 10.2. The van der Waals surface area contributed by atoms with Crippen LogP contribution in [0.2, 0.25) is 0 Å². The molecule has 1 aromatic heterocycles. The largest absolute Gasteiger partial charge is 0.486 e. The lowest BCUT2D eigenvalue weighted by Gasteiger charge is -2.08. The van der Waals surface area contributed by atoms with E-state index in [1.165, 1.54) is 6.07 Å². The maximum atomic E-state index is 11.3. The molecule has 3 aromatic rings. The van der Waals surface area contributed by atoms with Crippen molar-refractivity contribution in [2.45, 2.75) is 26.5 Å². The van der Waals surface area contributed by atoms with E-state index in [1.54, 1.807) is 18.2 Å². The van der Waals surface area contributed by atoms with Crippen molar-refractivity contribution in [3.05, 3.63) is 58.2 Å². The second-order valence-corrected chi connectivity index (χ2v) is 6.65. The van der Waals surface area contributed by atoms with Crippen LogP contribution in [0.15, 0.2) is 46.9 Å². The number of para-hydroxylation sites is 1. The topological polar surface area (TPSA) is 64.4 Å². The summed E-state index contributed by atoms with van der Waals surface area (Å²) in [5.74, 6) is -0.668. The van der Waals surface area contributed by atoms with Crippen LogP contribution >= 0.6 is 15.9 Å². The Balaban J connectivity index is 1.96. The zero-order valence-corrected chi connectivity index (χ0v) is 14.9. The molecule has 0 aliphatic heterocycles. The van der Waals surface area contributed by atoms with Gasteiger partial charge in [-0.05, 0) is 44.2 Å². The number of ether oxygens (including phenoxy) is 1. The first-order valence-electron chi connectivity index (χ1n) is 7.59. The number of hydrogen-bond acceptors (Lipinski definition) is 3. The summed E-state index contributed by atoms with van der Waals surface area (Å²) in [4.78, 5) is 11.3. The first-order valence-corrected chi connectivity index (χ1v) is 8.38. The highest BCUT2D eigenvalue weighted by molar-refractivity contribution is 9.10. The van der Waals surface area contributed by atoms with Crippen LogP contribution in [0, 0.1) is 0 Å². The van der Waals surface area contributed by atoms with Gasteiger partial charge in [0.2, 0.25) is 0 Å². The second-order valence-electron chi connectivity index (χ2n) is 5.74. The standard InChI is InChI=1S/C18H17BrN2O3/c1-11(2)21-16-8-7-12(19)9-14(16)15(20-21)10-24-17-6-4-3-5-13(17)18(22)23/h3-9,11H,10H2,1-2H3,(H,22,23). The van der Waals surface area contributed by atoms with Gasteiger partial charge in [-0.25, -0.2) is 4.79 Å². The molecule has 0 spiro atoms. The molecule has 6 heteroatoms. The van der Waals surface area contributed by atoms with E-state index >= 15 is 0 Å². The third-order valence-corrected chi connectivity index (χ3v) is 4.21. The molecular formula is C18H17BrN2O3. The Bertz CT molecular complexity index is 902. The number of carboxylic acids is 1. The van der Waals surface area contributed by atoms with Crippen molar-refractivity contribution in [2.75, 3.05) is 0 Å². The van der Waals surface area contributed by atoms with Gasteiger partial charge in [0.15, 0.2) is 0 Å². The van der Waals surface area contributed by atoms with Crippen LogP contribution in [0.3, 0.4) is 0 Å². The Hall–Kier alpha value is -2.34. The minimum atomic E-state index is -1.01. The highest BCUT2D eigenvalue weighted by atomic mass is 79.9. The van der Waals surface area contributed by atoms with Crippen molar-refractivity contribution >= 4 is 32.8 Å². The predicted octanol–water partition coefficient (Wildman–Crippen LogP) is 4.66. The normalized spacial score (nSPS) is 11.2. The second kappa shape index (κ2) is 6.65. The van der Waals surface area contributed by atoms with Crippen LogP contribution in [0.5, 0.6) is 5.75 Å². The number of carbonyl (C=O) groups is 1. The Morgan fingerprint density at radius 3 is 2.75 bits per heavy atom. The number of aromatic nitrogens is 2. The SMILES string of the molecule is CC(C)n1nc(COc2ccccc2C(=O)O)c2cc(Br)ccc21. The van der Waals surface area contributed by atoms with Crippen molar-refractivity contribution in [1.82, 2.24) is 9.78 Å². The van der Waals surface area contributed by atoms with Gasteiger partial charge in [-0.2, -0.15) is 5.10 Å². The molecule has 0 saturated heterocycles.